The Labute approximate surface area is 202 Å². The molecule has 1 atom stereocenters. The average Bonchev–Trinajstić information content (AvgIpc) is 3.14. The second kappa shape index (κ2) is 12.0. The van der Waals surface area contributed by atoms with E-state index in [1.807, 2.05) is 6.07 Å². The summed E-state index contributed by atoms with van der Waals surface area (Å²) in [6.45, 7) is 13.4. The Morgan fingerprint density at radius 1 is 1.21 bits per heavy atom. The number of hydrogen-bond donors (Lipinski definition) is 1. The van der Waals surface area contributed by atoms with Gasteiger partial charge in [0.05, 0.1) is 5.75 Å². The second-order valence-corrected chi connectivity index (χ2v) is 10.7. The van der Waals surface area contributed by atoms with Crippen molar-refractivity contribution in [3.05, 3.63) is 41.1 Å². The fourth-order valence-corrected chi connectivity index (χ4v) is 4.43. The summed E-state index contributed by atoms with van der Waals surface area (Å²) in [6.07, 6.45) is 4.75. The molecule has 0 saturated heterocycles. The van der Waals surface area contributed by atoms with Crippen LogP contribution >= 0.6 is 11.8 Å². The molecule has 6 nitrogen and oxygen atoms in total. The summed E-state index contributed by atoms with van der Waals surface area (Å²) in [5.41, 5.74) is 8.29. The minimum absolute atomic E-state index is 0.0134. The number of hydrogen-bond acceptors (Lipinski definition) is 6. The molecule has 1 aromatic carbocycles. The van der Waals surface area contributed by atoms with Gasteiger partial charge in [0.2, 0.25) is 0 Å². The Morgan fingerprint density at radius 2 is 1.88 bits per heavy atom. The zero-order chi connectivity index (χ0) is 24.6. The number of ketones is 1. The maximum Gasteiger partial charge on any atom is 0.191 e. The number of thioether (sulfide) groups is 1. The molecule has 0 aliphatic rings. The van der Waals surface area contributed by atoms with Crippen LogP contribution in [0, 0.1) is 17.2 Å². The van der Waals surface area contributed by atoms with Crippen LogP contribution in [0.2, 0.25) is 0 Å². The molecule has 0 bridgehead atoms. The summed E-state index contributed by atoms with van der Waals surface area (Å²) in [6, 6.07) is 10.4. The number of nitrogens with two attached hydrogens (primary N) is 1. The van der Waals surface area contributed by atoms with E-state index >= 15 is 0 Å². The van der Waals surface area contributed by atoms with E-state index in [0.717, 1.165) is 24.4 Å². The number of rotatable bonds is 11. The highest BCUT2D eigenvalue weighted by Crippen LogP contribution is 2.29. The van der Waals surface area contributed by atoms with E-state index in [1.54, 1.807) is 6.92 Å². The molecule has 1 heterocycles. The van der Waals surface area contributed by atoms with Crippen LogP contribution in [0.25, 0.3) is 11.4 Å². The molecule has 0 aliphatic heterocycles. The van der Waals surface area contributed by atoms with Crippen LogP contribution in [0.1, 0.15) is 72.8 Å². The minimum atomic E-state index is -0.288. The Hall–Kier alpha value is -2.59. The van der Waals surface area contributed by atoms with Gasteiger partial charge >= 0.3 is 0 Å². The van der Waals surface area contributed by atoms with Crippen LogP contribution in [0.3, 0.4) is 0 Å². The molecule has 0 radical (unpaired) electrons. The van der Waals surface area contributed by atoms with Crippen molar-refractivity contribution < 1.29 is 4.79 Å². The maximum absolute atomic E-state index is 12.5. The molecule has 1 unspecified atom stereocenters. The number of carbonyl (C=O) groups excluding carboxylic acids is 1. The summed E-state index contributed by atoms with van der Waals surface area (Å²) >= 11 is 1.31. The SMILES string of the molecule is CCCCCC(C)Cn1c(SCC(=O)/C(C#N)=C(\C)N)nnc1-c1ccc(C(C)(C)C)cc1. The first kappa shape index (κ1) is 26.7. The van der Waals surface area contributed by atoms with E-state index in [9.17, 15) is 10.1 Å². The van der Waals surface area contributed by atoms with Gasteiger partial charge in [-0.2, -0.15) is 5.26 Å². The summed E-state index contributed by atoms with van der Waals surface area (Å²) in [5, 5.41) is 18.8. The first-order chi connectivity index (χ1) is 15.6. The van der Waals surface area contributed by atoms with E-state index in [4.69, 9.17) is 5.73 Å². The van der Waals surface area contributed by atoms with E-state index in [1.165, 1.54) is 36.6 Å². The lowest BCUT2D eigenvalue weighted by atomic mass is 9.86. The number of Topliss-reactive ketones (excluding diaryl/α,β-unsaturated/α-hetero) is 1. The molecule has 33 heavy (non-hydrogen) atoms. The average molecular weight is 468 g/mol. The zero-order valence-corrected chi connectivity index (χ0v) is 21.6. The molecule has 0 aliphatic carbocycles. The lowest BCUT2D eigenvalue weighted by molar-refractivity contribution is -0.112. The molecule has 178 valence electrons. The lowest BCUT2D eigenvalue weighted by Crippen LogP contribution is -2.13. The van der Waals surface area contributed by atoms with Crippen molar-refractivity contribution in [3.63, 3.8) is 0 Å². The van der Waals surface area contributed by atoms with Crippen LogP contribution < -0.4 is 5.73 Å². The Kier molecular flexibility index (Phi) is 9.72. The predicted octanol–water partition coefficient (Wildman–Crippen LogP) is 5.88. The topological polar surface area (TPSA) is 97.6 Å². The first-order valence-corrected chi connectivity index (χ1v) is 12.6. The van der Waals surface area contributed by atoms with E-state index in [0.29, 0.717) is 11.1 Å². The fraction of sp³-hybridized carbons (Fsp3) is 0.538. The quantitative estimate of drug-likeness (QED) is 0.192. The molecular formula is C26H37N5OS. The van der Waals surface area contributed by atoms with Crippen LogP contribution in [-0.4, -0.2) is 26.3 Å². The number of unbranched alkanes of at least 4 members (excludes halogenated alkanes) is 2. The van der Waals surface area contributed by atoms with Gasteiger partial charge in [-0.1, -0.05) is 89.9 Å². The van der Waals surface area contributed by atoms with Gasteiger partial charge < -0.3 is 10.3 Å². The number of allylic oxidation sites excluding steroid dienone is 2. The number of nitriles is 1. The Morgan fingerprint density at radius 3 is 2.42 bits per heavy atom. The zero-order valence-electron chi connectivity index (χ0n) is 20.8. The van der Waals surface area contributed by atoms with Crippen LogP contribution in [0.4, 0.5) is 0 Å². The minimum Gasteiger partial charge on any atom is -0.401 e. The van der Waals surface area contributed by atoms with Gasteiger partial charge in [-0.15, -0.1) is 10.2 Å². The van der Waals surface area contributed by atoms with Gasteiger partial charge in [-0.25, -0.2) is 0 Å². The summed E-state index contributed by atoms with van der Waals surface area (Å²) < 4.78 is 2.12. The number of carbonyl (C=O) groups is 1. The van der Waals surface area contributed by atoms with Gasteiger partial charge in [0.15, 0.2) is 16.8 Å². The molecule has 7 heteroatoms. The van der Waals surface area contributed by atoms with Gasteiger partial charge in [-0.3, -0.25) is 4.79 Å². The number of aromatic nitrogens is 3. The van der Waals surface area contributed by atoms with Crippen molar-refractivity contribution in [2.45, 2.75) is 84.3 Å². The highest BCUT2D eigenvalue weighted by atomic mass is 32.2. The molecule has 2 aromatic rings. The second-order valence-electron chi connectivity index (χ2n) is 9.73. The largest absolute Gasteiger partial charge is 0.401 e. The summed E-state index contributed by atoms with van der Waals surface area (Å²) in [5.74, 6) is 1.07. The van der Waals surface area contributed by atoms with Crippen molar-refractivity contribution in [2.24, 2.45) is 11.7 Å². The van der Waals surface area contributed by atoms with Crippen molar-refractivity contribution in [2.75, 3.05) is 5.75 Å². The first-order valence-electron chi connectivity index (χ1n) is 11.6. The van der Waals surface area contributed by atoms with E-state index in [2.05, 4.69) is 73.6 Å². The van der Waals surface area contributed by atoms with E-state index in [-0.39, 0.29) is 28.2 Å². The molecule has 0 saturated carbocycles. The van der Waals surface area contributed by atoms with Crippen molar-refractivity contribution >= 4 is 17.5 Å². The lowest BCUT2D eigenvalue weighted by Gasteiger charge is -2.19. The number of benzene rings is 1. The Bertz CT molecular complexity index is 1000. The van der Waals surface area contributed by atoms with Gasteiger partial charge in [0, 0.05) is 17.8 Å². The smallest absolute Gasteiger partial charge is 0.191 e. The summed E-state index contributed by atoms with van der Waals surface area (Å²) in [4.78, 5) is 12.5. The Balaban J connectivity index is 2.32. The van der Waals surface area contributed by atoms with Crippen molar-refractivity contribution in [3.8, 4) is 17.5 Å². The molecule has 0 amide bonds. The monoisotopic (exact) mass is 467 g/mol. The maximum atomic E-state index is 12.5. The number of nitrogens with zero attached hydrogens (tertiary/aromatic N) is 4. The molecular weight excluding hydrogens is 430 g/mol. The van der Waals surface area contributed by atoms with Crippen LogP contribution in [-0.2, 0) is 16.8 Å². The highest BCUT2D eigenvalue weighted by Gasteiger charge is 2.20. The third kappa shape index (κ3) is 7.46. The molecule has 2 rings (SSSR count). The molecule has 0 spiro atoms. The highest BCUT2D eigenvalue weighted by molar-refractivity contribution is 7.99. The third-order valence-corrected chi connectivity index (χ3v) is 6.60. The fourth-order valence-electron chi connectivity index (χ4n) is 3.61. The van der Waals surface area contributed by atoms with Crippen LogP contribution in [0.15, 0.2) is 40.7 Å². The van der Waals surface area contributed by atoms with Crippen molar-refractivity contribution in [1.29, 1.82) is 5.26 Å². The van der Waals surface area contributed by atoms with Gasteiger partial charge in [0.25, 0.3) is 0 Å². The standard InChI is InChI=1S/C26H37N5OS/c1-7-8-9-10-18(2)16-31-24(20-11-13-21(14-12-20)26(4,5)6)29-30-25(31)33-17-23(32)22(15-27)19(3)28/h11-14,18H,7-10,16-17,28H2,1-6H3/b22-19+. The summed E-state index contributed by atoms with van der Waals surface area (Å²) in [7, 11) is 0. The predicted molar refractivity (Wildman–Crippen MR) is 136 cm³/mol. The van der Waals surface area contributed by atoms with Crippen molar-refractivity contribution in [1.82, 2.24) is 14.8 Å². The third-order valence-electron chi connectivity index (χ3n) is 5.64. The molecule has 0 fully saturated rings. The van der Waals surface area contributed by atoms with Crippen LogP contribution in [0.5, 0.6) is 0 Å². The molecule has 1 aromatic heterocycles. The molecule has 2 N–H and O–H groups in total. The van der Waals surface area contributed by atoms with E-state index < -0.39 is 0 Å². The van der Waals surface area contributed by atoms with Gasteiger partial charge in [0.1, 0.15) is 11.6 Å². The van der Waals surface area contributed by atoms with Gasteiger partial charge in [-0.05, 0) is 30.2 Å². The normalized spacial score (nSPS) is 13.4.